The van der Waals surface area contributed by atoms with E-state index in [2.05, 4.69) is 73.3 Å². The van der Waals surface area contributed by atoms with Crippen LogP contribution in [0.1, 0.15) is 12.5 Å². The van der Waals surface area contributed by atoms with Gasteiger partial charge in [0.1, 0.15) is 0 Å². The lowest BCUT2D eigenvalue weighted by Gasteiger charge is -2.18. The topological polar surface area (TPSA) is 20.2 Å². The minimum absolute atomic E-state index is 0.499. The molecule has 2 rings (SSSR count). The second-order valence-corrected chi connectivity index (χ2v) is 5.33. The van der Waals surface area contributed by atoms with Crippen LogP contribution in [0, 0.1) is 0 Å². The van der Waals surface area contributed by atoms with Gasteiger partial charge in [0.15, 0.2) is 0 Å². The van der Waals surface area contributed by atoms with Crippen molar-refractivity contribution in [2.45, 2.75) is 19.5 Å². The molecule has 18 heavy (non-hydrogen) atoms. The number of aryl methyl sites for hydroxylation is 1. The second-order valence-electron chi connectivity index (χ2n) is 5.33. The molecule has 0 spiro atoms. The fourth-order valence-corrected chi connectivity index (χ4v) is 2.46. The van der Waals surface area contributed by atoms with Gasteiger partial charge in [-0.2, -0.15) is 0 Å². The van der Waals surface area contributed by atoms with Crippen LogP contribution in [0.3, 0.4) is 0 Å². The highest BCUT2D eigenvalue weighted by molar-refractivity contribution is 5.83. The predicted molar refractivity (Wildman–Crippen MR) is 77.8 cm³/mol. The number of hydrogen-bond acceptors (Lipinski definition) is 2. The summed E-state index contributed by atoms with van der Waals surface area (Å²) >= 11 is 0. The van der Waals surface area contributed by atoms with Gasteiger partial charge in [-0.3, -0.25) is 0 Å². The highest BCUT2D eigenvalue weighted by atomic mass is 15.1. The molecule has 0 radical (unpaired) electrons. The van der Waals surface area contributed by atoms with Crippen LogP contribution in [-0.4, -0.2) is 36.1 Å². The molecule has 0 bridgehead atoms. The number of likely N-dealkylation sites (N-methyl/N-ethyl adjacent to an activating group) is 1. The molecule has 1 unspecified atom stereocenters. The molecule has 0 aliphatic carbocycles. The molecule has 1 aromatic carbocycles. The average molecular weight is 245 g/mol. The van der Waals surface area contributed by atoms with Crippen LogP contribution in [0.15, 0.2) is 30.5 Å². The molecule has 0 aliphatic heterocycles. The Bertz CT molecular complexity index is 513. The number of nitrogens with zero attached hydrogens (tertiary/aromatic N) is 2. The van der Waals surface area contributed by atoms with Gasteiger partial charge >= 0.3 is 0 Å². The number of fused-ring (bicyclic) bond motifs is 1. The third-order valence-electron chi connectivity index (χ3n) is 3.26. The zero-order chi connectivity index (χ0) is 13.1. The van der Waals surface area contributed by atoms with Crippen molar-refractivity contribution in [3.8, 4) is 0 Å². The molecule has 3 heteroatoms. The Hall–Kier alpha value is -1.32. The average Bonchev–Trinajstić information content (AvgIpc) is 2.64. The van der Waals surface area contributed by atoms with E-state index in [1.54, 1.807) is 0 Å². The SMILES string of the molecule is CC(CN(C)C)NCc1cn(C)c2ccccc12. The van der Waals surface area contributed by atoms with Gasteiger partial charge in [0.05, 0.1) is 0 Å². The van der Waals surface area contributed by atoms with Gasteiger partial charge in [-0.05, 0) is 32.6 Å². The van der Waals surface area contributed by atoms with E-state index < -0.39 is 0 Å². The van der Waals surface area contributed by atoms with Crippen molar-refractivity contribution in [1.82, 2.24) is 14.8 Å². The van der Waals surface area contributed by atoms with Gasteiger partial charge in [0, 0.05) is 43.3 Å². The van der Waals surface area contributed by atoms with Crippen LogP contribution < -0.4 is 5.32 Å². The van der Waals surface area contributed by atoms with Crippen molar-refractivity contribution in [1.29, 1.82) is 0 Å². The van der Waals surface area contributed by atoms with Gasteiger partial charge in [0.25, 0.3) is 0 Å². The highest BCUT2D eigenvalue weighted by Gasteiger charge is 2.07. The van der Waals surface area contributed by atoms with Gasteiger partial charge in [0.2, 0.25) is 0 Å². The second kappa shape index (κ2) is 5.55. The van der Waals surface area contributed by atoms with E-state index in [0.717, 1.165) is 13.1 Å². The van der Waals surface area contributed by atoms with E-state index in [-0.39, 0.29) is 0 Å². The summed E-state index contributed by atoms with van der Waals surface area (Å²) in [6.45, 7) is 4.21. The zero-order valence-electron chi connectivity index (χ0n) is 11.8. The normalized spacial score (nSPS) is 13.4. The summed E-state index contributed by atoms with van der Waals surface area (Å²) in [4.78, 5) is 2.21. The molecule has 0 saturated heterocycles. The van der Waals surface area contributed by atoms with Crippen molar-refractivity contribution < 1.29 is 0 Å². The molecule has 1 N–H and O–H groups in total. The maximum atomic E-state index is 3.58. The minimum atomic E-state index is 0.499. The molecule has 0 saturated carbocycles. The molecule has 1 heterocycles. The van der Waals surface area contributed by atoms with E-state index >= 15 is 0 Å². The molecule has 1 atom stereocenters. The lowest BCUT2D eigenvalue weighted by atomic mass is 10.1. The van der Waals surface area contributed by atoms with Crippen LogP contribution in [0.2, 0.25) is 0 Å². The Balaban J connectivity index is 2.08. The van der Waals surface area contributed by atoms with Gasteiger partial charge in [-0.1, -0.05) is 18.2 Å². The third kappa shape index (κ3) is 2.92. The van der Waals surface area contributed by atoms with Crippen molar-refractivity contribution >= 4 is 10.9 Å². The first-order valence-corrected chi connectivity index (χ1v) is 6.49. The van der Waals surface area contributed by atoms with Crippen molar-refractivity contribution in [3.63, 3.8) is 0 Å². The molecular formula is C15H23N3. The predicted octanol–water partition coefficient (Wildman–Crippen LogP) is 2.22. The van der Waals surface area contributed by atoms with E-state index in [9.17, 15) is 0 Å². The third-order valence-corrected chi connectivity index (χ3v) is 3.26. The van der Waals surface area contributed by atoms with Crippen LogP contribution in [0.4, 0.5) is 0 Å². The number of aromatic nitrogens is 1. The number of hydrogen-bond donors (Lipinski definition) is 1. The summed E-state index contributed by atoms with van der Waals surface area (Å²) in [5.74, 6) is 0. The highest BCUT2D eigenvalue weighted by Crippen LogP contribution is 2.19. The summed E-state index contributed by atoms with van der Waals surface area (Å²) in [6.07, 6.45) is 2.22. The Labute approximate surface area is 109 Å². The molecule has 0 fully saturated rings. The summed E-state index contributed by atoms with van der Waals surface area (Å²) in [7, 11) is 6.32. The van der Waals surface area contributed by atoms with Crippen molar-refractivity contribution in [2.75, 3.05) is 20.6 Å². The summed E-state index contributed by atoms with van der Waals surface area (Å²) < 4.78 is 2.20. The Morgan fingerprint density at radius 1 is 1.28 bits per heavy atom. The van der Waals surface area contributed by atoms with E-state index in [1.807, 2.05) is 0 Å². The maximum Gasteiger partial charge on any atom is 0.0481 e. The van der Waals surface area contributed by atoms with Crippen LogP contribution >= 0.6 is 0 Å². The van der Waals surface area contributed by atoms with Crippen LogP contribution in [-0.2, 0) is 13.6 Å². The van der Waals surface area contributed by atoms with E-state index in [4.69, 9.17) is 0 Å². The first-order chi connectivity index (χ1) is 8.58. The first kappa shape index (κ1) is 13.1. The van der Waals surface area contributed by atoms with Gasteiger partial charge in [-0.15, -0.1) is 0 Å². The van der Waals surface area contributed by atoms with Crippen molar-refractivity contribution in [2.24, 2.45) is 7.05 Å². The smallest absolute Gasteiger partial charge is 0.0481 e. The molecule has 98 valence electrons. The van der Waals surface area contributed by atoms with Crippen LogP contribution in [0.25, 0.3) is 10.9 Å². The molecule has 2 aromatic rings. The summed E-state index contributed by atoms with van der Waals surface area (Å²) in [6, 6.07) is 9.06. The van der Waals surface area contributed by atoms with E-state index in [0.29, 0.717) is 6.04 Å². The fourth-order valence-electron chi connectivity index (χ4n) is 2.46. The molecule has 3 nitrogen and oxygen atoms in total. The standard InChI is InChI=1S/C15H23N3/c1-12(10-17(2)3)16-9-13-11-18(4)15-8-6-5-7-14(13)15/h5-8,11-12,16H,9-10H2,1-4H3. The molecular weight excluding hydrogens is 222 g/mol. The fraction of sp³-hybridized carbons (Fsp3) is 0.467. The van der Waals surface area contributed by atoms with Gasteiger partial charge in [-0.25, -0.2) is 0 Å². The lowest BCUT2D eigenvalue weighted by Crippen LogP contribution is -2.35. The Morgan fingerprint density at radius 3 is 2.72 bits per heavy atom. The van der Waals surface area contributed by atoms with Crippen molar-refractivity contribution in [3.05, 3.63) is 36.0 Å². The molecule has 0 aliphatic rings. The number of rotatable bonds is 5. The number of benzene rings is 1. The molecule has 0 amide bonds. The largest absolute Gasteiger partial charge is 0.350 e. The monoisotopic (exact) mass is 245 g/mol. The molecule has 1 aromatic heterocycles. The summed E-state index contributed by atoms with van der Waals surface area (Å²) in [5, 5.41) is 4.93. The number of nitrogens with one attached hydrogen (secondary N) is 1. The maximum absolute atomic E-state index is 3.58. The Kier molecular flexibility index (Phi) is 4.04. The quantitative estimate of drug-likeness (QED) is 0.871. The van der Waals surface area contributed by atoms with Gasteiger partial charge < -0.3 is 14.8 Å². The van der Waals surface area contributed by atoms with E-state index in [1.165, 1.54) is 16.5 Å². The lowest BCUT2D eigenvalue weighted by molar-refractivity contribution is 0.349. The zero-order valence-corrected chi connectivity index (χ0v) is 11.8. The van der Waals surface area contributed by atoms with Crippen LogP contribution in [0.5, 0.6) is 0 Å². The number of para-hydroxylation sites is 1. The summed E-state index contributed by atoms with van der Waals surface area (Å²) in [5.41, 5.74) is 2.67. The first-order valence-electron chi connectivity index (χ1n) is 6.49. The Morgan fingerprint density at radius 2 is 2.00 bits per heavy atom. The minimum Gasteiger partial charge on any atom is -0.350 e.